The van der Waals surface area contributed by atoms with Crippen molar-refractivity contribution in [2.24, 2.45) is 0 Å². The first-order valence-electron chi connectivity index (χ1n) is 4.13. The molecule has 0 radical (unpaired) electrons. The molecule has 0 bridgehead atoms. The van der Waals surface area contributed by atoms with Crippen LogP contribution in [0.3, 0.4) is 0 Å². The van der Waals surface area contributed by atoms with Crippen LogP contribution < -0.4 is 5.73 Å². The van der Waals surface area contributed by atoms with Crippen LogP contribution in [0.15, 0.2) is 6.07 Å². The van der Waals surface area contributed by atoms with Crippen LogP contribution in [0, 0.1) is 6.92 Å². The van der Waals surface area contributed by atoms with Crippen LogP contribution in [0.25, 0.3) is 0 Å². The van der Waals surface area contributed by atoms with Crippen LogP contribution >= 0.6 is 0 Å². The molecule has 0 atom stereocenters. The third-order valence-electron chi connectivity index (χ3n) is 1.77. The van der Waals surface area contributed by atoms with E-state index >= 15 is 0 Å². The number of hydrogen-bond acceptors (Lipinski definition) is 4. The summed E-state index contributed by atoms with van der Waals surface area (Å²) in [5.74, 6) is 0.154. The van der Waals surface area contributed by atoms with E-state index in [0.717, 1.165) is 5.69 Å². The topological polar surface area (TPSA) is 98.2 Å². The van der Waals surface area contributed by atoms with E-state index in [9.17, 15) is 8.42 Å². The number of rotatable bonds is 4. The van der Waals surface area contributed by atoms with E-state index in [1.54, 1.807) is 10.7 Å². The standard InChI is InChI=1S/C7H13N3O3S/c1-6-5-7(8)9-10(6)3-2-4-14(11,12)13/h5H,2-4H2,1H3,(H2,8,9)(H,11,12,13). The molecule has 0 unspecified atom stereocenters. The summed E-state index contributed by atoms with van der Waals surface area (Å²) < 4.78 is 30.9. The van der Waals surface area contributed by atoms with Gasteiger partial charge in [-0.1, -0.05) is 0 Å². The van der Waals surface area contributed by atoms with Gasteiger partial charge in [0.25, 0.3) is 10.1 Å². The fourth-order valence-corrected chi connectivity index (χ4v) is 1.65. The highest BCUT2D eigenvalue weighted by Crippen LogP contribution is 2.05. The van der Waals surface area contributed by atoms with Gasteiger partial charge in [0.2, 0.25) is 0 Å². The van der Waals surface area contributed by atoms with Crippen LogP contribution in [-0.4, -0.2) is 28.5 Å². The summed E-state index contributed by atoms with van der Waals surface area (Å²) >= 11 is 0. The molecule has 0 saturated carbocycles. The molecule has 0 saturated heterocycles. The van der Waals surface area contributed by atoms with Gasteiger partial charge in [-0.25, -0.2) is 0 Å². The molecule has 0 fully saturated rings. The van der Waals surface area contributed by atoms with Gasteiger partial charge in [-0.2, -0.15) is 13.5 Å². The number of anilines is 1. The second-order valence-corrected chi connectivity index (χ2v) is 4.65. The van der Waals surface area contributed by atoms with Gasteiger partial charge >= 0.3 is 0 Å². The van der Waals surface area contributed by atoms with Crippen molar-refractivity contribution in [3.63, 3.8) is 0 Å². The van der Waals surface area contributed by atoms with Gasteiger partial charge in [-0.15, -0.1) is 0 Å². The molecule has 0 aliphatic carbocycles. The lowest BCUT2D eigenvalue weighted by Gasteiger charge is -2.02. The van der Waals surface area contributed by atoms with E-state index in [2.05, 4.69) is 5.10 Å². The summed E-state index contributed by atoms with van der Waals surface area (Å²) in [6.45, 7) is 2.26. The Bertz CT molecular complexity index is 410. The van der Waals surface area contributed by atoms with E-state index in [4.69, 9.17) is 10.3 Å². The van der Waals surface area contributed by atoms with Crippen molar-refractivity contribution < 1.29 is 13.0 Å². The number of aromatic nitrogens is 2. The Morgan fingerprint density at radius 1 is 1.64 bits per heavy atom. The zero-order chi connectivity index (χ0) is 10.8. The quantitative estimate of drug-likeness (QED) is 0.697. The highest BCUT2D eigenvalue weighted by molar-refractivity contribution is 7.85. The summed E-state index contributed by atoms with van der Waals surface area (Å²) in [5, 5.41) is 3.95. The fraction of sp³-hybridized carbons (Fsp3) is 0.571. The maximum Gasteiger partial charge on any atom is 0.264 e. The van der Waals surface area contributed by atoms with Crippen molar-refractivity contribution in [3.8, 4) is 0 Å². The first-order chi connectivity index (χ1) is 6.38. The second-order valence-electron chi connectivity index (χ2n) is 3.07. The molecule has 3 N–H and O–H groups in total. The molecule has 1 aromatic rings. The molecule has 6 nitrogen and oxygen atoms in total. The van der Waals surface area contributed by atoms with Gasteiger partial charge < -0.3 is 5.73 Å². The summed E-state index contributed by atoms with van der Waals surface area (Å²) in [6.07, 6.45) is 0.320. The van der Waals surface area contributed by atoms with Gasteiger partial charge in [0.15, 0.2) is 0 Å². The van der Waals surface area contributed by atoms with Crippen LogP contribution in [0.2, 0.25) is 0 Å². The zero-order valence-corrected chi connectivity index (χ0v) is 8.66. The van der Waals surface area contributed by atoms with Crippen molar-refractivity contribution in [1.82, 2.24) is 9.78 Å². The molecule has 0 aliphatic heterocycles. The number of hydrogen-bond donors (Lipinski definition) is 2. The van der Waals surface area contributed by atoms with Crippen molar-refractivity contribution in [3.05, 3.63) is 11.8 Å². The largest absolute Gasteiger partial charge is 0.382 e. The van der Waals surface area contributed by atoms with E-state index in [1.807, 2.05) is 6.92 Å². The minimum absolute atomic E-state index is 0.258. The number of nitrogen functional groups attached to an aromatic ring is 1. The van der Waals surface area contributed by atoms with Crippen molar-refractivity contribution in [1.29, 1.82) is 0 Å². The molecule has 14 heavy (non-hydrogen) atoms. The maximum absolute atomic E-state index is 10.4. The minimum Gasteiger partial charge on any atom is -0.382 e. The molecule has 80 valence electrons. The highest BCUT2D eigenvalue weighted by Gasteiger charge is 2.06. The molecule has 0 aromatic carbocycles. The molecule has 0 amide bonds. The maximum atomic E-state index is 10.4. The van der Waals surface area contributed by atoms with E-state index < -0.39 is 10.1 Å². The highest BCUT2D eigenvalue weighted by atomic mass is 32.2. The molecular weight excluding hydrogens is 206 g/mol. The average molecular weight is 219 g/mol. The monoisotopic (exact) mass is 219 g/mol. The average Bonchev–Trinajstić information content (AvgIpc) is 2.27. The predicted molar refractivity (Wildman–Crippen MR) is 52.4 cm³/mol. The van der Waals surface area contributed by atoms with E-state index in [1.165, 1.54) is 0 Å². The van der Waals surface area contributed by atoms with Gasteiger partial charge in [-0.3, -0.25) is 9.23 Å². The van der Waals surface area contributed by atoms with Crippen LogP contribution in [0.1, 0.15) is 12.1 Å². The van der Waals surface area contributed by atoms with Crippen molar-refractivity contribution in [2.45, 2.75) is 19.9 Å². The third kappa shape index (κ3) is 3.35. The van der Waals surface area contributed by atoms with Crippen LogP contribution in [0.4, 0.5) is 5.82 Å². The lowest BCUT2D eigenvalue weighted by Crippen LogP contribution is -2.09. The SMILES string of the molecule is Cc1cc(N)nn1CCCS(=O)(=O)O. The summed E-state index contributed by atoms with van der Waals surface area (Å²) in [4.78, 5) is 0. The van der Waals surface area contributed by atoms with Gasteiger partial charge in [0.1, 0.15) is 5.82 Å². The Kier molecular flexibility index (Phi) is 3.12. The molecule has 0 aliphatic rings. The first kappa shape index (κ1) is 11.0. The Morgan fingerprint density at radius 3 is 2.71 bits per heavy atom. The fourth-order valence-electron chi connectivity index (χ4n) is 1.16. The minimum atomic E-state index is -3.87. The van der Waals surface area contributed by atoms with E-state index in [0.29, 0.717) is 18.8 Å². The Morgan fingerprint density at radius 2 is 2.29 bits per heavy atom. The Hall–Kier alpha value is -1.08. The molecule has 1 rings (SSSR count). The number of aryl methyl sites for hydroxylation is 2. The molecule has 1 aromatic heterocycles. The summed E-state index contributed by atoms with van der Waals surface area (Å²) in [6, 6.07) is 1.70. The third-order valence-corrected chi connectivity index (χ3v) is 2.58. The molecule has 7 heteroatoms. The van der Waals surface area contributed by atoms with Crippen LogP contribution in [-0.2, 0) is 16.7 Å². The summed E-state index contributed by atoms with van der Waals surface area (Å²) in [7, 11) is -3.87. The first-order valence-corrected chi connectivity index (χ1v) is 5.74. The number of nitrogens with zero attached hydrogens (tertiary/aromatic N) is 2. The van der Waals surface area contributed by atoms with Gasteiger partial charge in [-0.05, 0) is 13.3 Å². The zero-order valence-electron chi connectivity index (χ0n) is 7.84. The second kappa shape index (κ2) is 3.97. The molecular formula is C7H13N3O3S. The lowest BCUT2D eigenvalue weighted by molar-refractivity contribution is 0.475. The Balaban J connectivity index is 2.50. The van der Waals surface area contributed by atoms with Gasteiger partial charge in [0.05, 0.1) is 5.75 Å². The van der Waals surface area contributed by atoms with E-state index in [-0.39, 0.29) is 5.75 Å². The van der Waals surface area contributed by atoms with Gasteiger partial charge in [0, 0.05) is 18.3 Å². The normalized spacial score (nSPS) is 11.9. The lowest BCUT2D eigenvalue weighted by atomic mass is 10.4. The molecule has 1 heterocycles. The molecule has 0 spiro atoms. The smallest absolute Gasteiger partial charge is 0.264 e. The van der Waals surface area contributed by atoms with Crippen molar-refractivity contribution >= 4 is 15.9 Å². The van der Waals surface area contributed by atoms with Crippen LogP contribution in [0.5, 0.6) is 0 Å². The number of nitrogens with two attached hydrogens (primary N) is 1. The Labute approximate surface area is 82.5 Å². The predicted octanol–water partition coefficient (Wildman–Crippen LogP) is 0.0516. The van der Waals surface area contributed by atoms with Crippen molar-refractivity contribution in [2.75, 3.05) is 11.5 Å². The summed E-state index contributed by atoms with van der Waals surface area (Å²) in [5.41, 5.74) is 6.31.